The van der Waals surface area contributed by atoms with Crippen molar-refractivity contribution in [3.8, 4) is 0 Å². The second-order valence-corrected chi connectivity index (χ2v) is 5.89. The summed E-state index contributed by atoms with van der Waals surface area (Å²) in [5, 5.41) is 3.05. The molecule has 1 aromatic rings. The Hall–Kier alpha value is -0.980. The molecule has 1 aromatic heterocycles. The Balaban J connectivity index is 2.01. The number of hydrogen-bond acceptors (Lipinski definition) is 5. The molecule has 1 fully saturated rings. The van der Waals surface area contributed by atoms with Crippen LogP contribution in [-0.4, -0.2) is 60.1 Å². The zero-order chi connectivity index (χ0) is 13.2. The van der Waals surface area contributed by atoms with E-state index in [1.54, 1.807) is 30.3 Å². The maximum absolute atomic E-state index is 12.1. The lowest BCUT2D eigenvalue weighted by Gasteiger charge is -2.40. The van der Waals surface area contributed by atoms with Crippen LogP contribution in [0.4, 0.5) is 0 Å². The van der Waals surface area contributed by atoms with Gasteiger partial charge in [0, 0.05) is 38.8 Å². The largest absolute Gasteiger partial charge is 0.363 e. The molecule has 0 saturated carbocycles. The SMILES string of the molecule is CN(C)C(=O)C1(C)CN(Cc2nccs2)CCO1. The van der Waals surface area contributed by atoms with Gasteiger partial charge >= 0.3 is 0 Å². The second-order valence-electron chi connectivity index (χ2n) is 4.92. The van der Waals surface area contributed by atoms with E-state index >= 15 is 0 Å². The fourth-order valence-corrected chi connectivity index (χ4v) is 2.87. The first kappa shape index (κ1) is 13.5. The normalized spacial score (nSPS) is 25.1. The van der Waals surface area contributed by atoms with Gasteiger partial charge in [-0.15, -0.1) is 11.3 Å². The molecule has 1 aliphatic rings. The predicted molar refractivity (Wildman–Crippen MR) is 70.4 cm³/mol. The Morgan fingerprint density at radius 3 is 3.06 bits per heavy atom. The molecule has 0 bridgehead atoms. The summed E-state index contributed by atoms with van der Waals surface area (Å²) in [5.41, 5.74) is -0.737. The molecule has 5 nitrogen and oxygen atoms in total. The van der Waals surface area contributed by atoms with Crippen molar-refractivity contribution < 1.29 is 9.53 Å². The van der Waals surface area contributed by atoms with Crippen LogP contribution < -0.4 is 0 Å². The first-order valence-electron chi connectivity index (χ1n) is 5.98. The van der Waals surface area contributed by atoms with Crippen molar-refractivity contribution in [3.63, 3.8) is 0 Å². The third-order valence-corrected chi connectivity index (χ3v) is 3.82. The standard InChI is InChI=1S/C12H19N3O2S/c1-12(11(16)14(2)3)9-15(5-6-17-12)8-10-13-4-7-18-10/h4,7H,5-6,8-9H2,1-3H3. The summed E-state index contributed by atoms with van der Waals surface area (Å²) in [4.78, 5) is 20.2. The molecule has 1 amide bonds. The van der Waals surface area contributed by atoms with Crippen LogP contribution >= 0.6 is 11.3 Å². The van der Waals surface area contributed by atoms with Gasteiger partial charge < -0.3 is 9.64 Å². The molecule has 0 aliphatic carbocycles. The summed E-state index contributed by atoms with van der Waals surface area (Å²) in [6, 6.07) is 0. The summed E-state index contributed by atoms with van der Waals surface area (Å²) in [6.07, 6.45) is 1.81. The molecule has 0 radical (unpaired) electrons. The molecule has 1 saturated heterocycles. The molecule has 18 heavy (non-hydrogen) atoms. The van der Waals surface area contributed by atoms with Gasteiger partial charge in [0.2, 0.25) is 0 Å². The van der Waals surface area contributed by atoms with E-state index in [0.29, 0.717) is 13.2 Å². The van der Waals surface area contributed by atoms with E-state index in [9.17, 15) is 4.79 Å². The highest BCUT2D eigenvalue weighted by Crippen LogP contribution is 2.21. The van der Waals surface area contributed by atoms with E-state index < -0.39 is 5.60 Å². The summed E-state index contributed by atoms with van der Waals surface area (Å²) >= 11 is 1.64. The Labute approximate surface area is 111 Å². The van der Waals surface area contributed by atoms with Crippen molar-refractivity contribution in [2.75, 3.05) is 33.8 Å². The second kappa shape index (κ2) is 5.34. The summed E-state index contributed by atoms with van der Waals surface area (Å²) < 4.78 is 5.69. The third-order valence-electron chi connectivity index (χ3n) is 3.05. The molecular formula is C12H19N3O2S. The van der Waals surface area contributed by atoms with Gasteiger partial charge in [0.15, 0.2) is 5.60 Å². The average molecular weight is 269 g/mol. The molecule has 1 unspecified atom stereocenters. The first-order valence-corrected chi connectivity index (χ1v) is 6.86. The monoisotopic (exact) mass is 269 g/mol. The van der Waals surface area contributed by atoms with E-state index in [0.717, 1.165) is 18.1 Å². The number of nitrogens with zero attached hydrogens (tertiary/aromatic N) is 3. The first-order chi connectivity index (χ1) is 8.51. The number of carbonyl (C=O) groups excluding carboxylic acids is 1. The predicted octanol–water partition coefficient (Wildman–Crippen LogP) is 0.822. The van der Waals surface area contributed by atoms with Crippen LogP contribution in [0.2, 0.25) is 0 Å². The highest BCUT2D eigenvalue weighted by atomic mass is 32.1. The molecule has 2 heterocycles. The van der Waals surface area contributed by atoms with Crippen LogP contribution in [-0.2, 0) is 16.1 Å². The minimum atomic E-state index is -0.737. The lowest BCUT2D eigenvalue weighted by atomic mass is 10.0. The van der Waals surface area contributed by atoms with Crippen LogP contribution in [0.25, 0.3) is 0 Å². The van der Waals surface area contributed by atoms with Crippen molar-refractivity contribution in [2.45, 2.75) is 19.1 Å². The summed E-state index contributed by atoms with van der Waals surface area (Å²) in [7, 11) is 3.52. The zero-order valence-corrected chi connectivity index (χ0v) is 11.9. The minimum Gasteiger partial charge on any atom is -0.363 e. The van der Waals surface area contributed by atoms with Crippen LogP contribution in [0.15, 0.2) is 11.6 Å². The van der Waals surface area contributed by atoms with Gasteiger partial charge in [-0.2, -0.15) is 0 Å². The van der Waals surface area contributed by atoms with Gasteiger partial charge in [-0.05, 0) is 6.92 Å². The maximum Gasteiger partial charge on any atom is 0.255 e. The van der Waals surface area contributed by atoms with Gasteiger partial charge in [-0.1, -0.05) is 0 Å². The highest BCUT2D eigenvalue weighted by molar-refractivity contribution is 7.09. The zero-order valence-electron chi connectivity index (χ0n) is 11.0. The Bertz CT molecular complexity index is 407. The minimum absolute atomic E-state index is 0.0198. The van der Waals surface area contributed by atoms with Crippen LogP contribution in [0.3, 0.4) is 0 Å². The molecule has 0 N–H and O–H groups in total. The smallest absolute Gasteiger partial charge is 0.255 e. The van der Waals surface area contributed by atoms with Gasteiger partial charge in [0.1, 0.15) is 5.01 Å². The fraction of sp³-hybridized carbons (Fsp3) is 0.667. The fourth-order valence-electron chi connectivity index (χ4n) is 2.21. The lowest BCUT2D eigenvalue weighted by molar-refractivity contribution is -0.165. The van der Waals surface area contributed by atoms with E-state index in [1.165, 1.54) is 0 Å². The van der Waals surface area contributed by atoms with E-state index in [4.69, 9.17) is 4.74 Å². The van der Waals surface area contributed by atoms with Crippen molar-refractivity contribution in [2.24, 2.45) is 0 Å². The molecular weight excluding hydrogens is 250 g/mol. The lowest BCUT2D eigenvalue weighted by Crippen LogP contribution is -2.57. The molecule has 0 spiro atoms. The molecule has 2 rings (SSSR count). The number of likely N-dealkylation sites (N-methyl/N-ethyl adjacent to an activating group) is 1. The number of rotatable bonds is 3. The Kier molecular flexibility index (Phi) is 3.99. The van der Waals surface area contributed by atoms with Crippen LogP contribution in [0.5, 0.6) is 0 Å². The van der Waals surface area contributed by atoms with Crippen LogP contribution in [0.1, 0.15) is 11.9 Å². The molecule has 1 atom stereocenters. The average Bonchev–Trinajstić information content (AvgIpc) is 2.80. The van der Waals surface area contributed by atoms with Gasteiger partial charge in [-0.3, -0.25) is 9.69 Å². The molecule has 1 aliphatic heterocycles. The van der Waals surface area contributed by atoms with Crippen molar-refractivity contribution in [1.82, 2.24) is 14.8 Å². The third kappa shape index (κ3) is 2.88. The maximum atomic E-state index is 12.1. The number of morpholine rings is 1. The number of amides is 1. The van der Waals surface area contributed by atoms with Crippen molar-refractivity contribution >= 4 is 17.2 Å². The highest BCUT2D eigenvalue weighted by Gasteiger charge is 2.40. The Morgan fingerprint density at radius 2 is 2.44 bits per heavy atom. The van der Waals surface area contributed by atoms with E-state index in [-0.39, 0.29) is 5.91 Å². The molecule has 6 heteroatoms. The van der Waals surface area contributed by atoms with Gasteiger partial charge in [0.25, 0.3) is 5.91 Å². The summed E-state index contributed by atoms with van der Waals surface area (Å²) in [5.74, 6) is 0.0198. The Morgan fingerprint density at radius 1 is 1.67 bits per heavy atom. The topological polar surface area (TPSA) is 45.7 Å². The molecule has 100 valence electrons. The molecule has 0 aromatic carbocycles. The van der Waals surface area contributed by atoms with Crippen molar-refractivity contribution in [3.05, 3.63) is 16.6 Å². The van der Waals surface area contributed by atoms with Crippen LogP contribution in [0, 0.1) is 0 Å². The number of hydrogen-bond donors (Lipinski definition) is 0. The van der Waals surface area contributed by atoms with Gasteiger partial charge in [0.05, 0.1) is 13.2 Å². The van der Waals surface area contributed by atoms with E-state index in [1.807, 2.05) is 18.5 Å². The van der Waals surface area contributed by atoms with Crippen molar-refractivity contribution in [1.29, 1.82) is 0 Å². The number of carbonyl (C=O) groups is 1. The van der Waals surface area contributed by atoms with E-state index in [2.05, 4.69) is 9.88 Å². The quantitative estimate of drug-likeness (QED) is 0.815. The number of thiazole rings is 1. The van der Waals surface area contributed by atoms with Gasteiger partial charge in [-0.25, -0.2) is 4.98 Å². The number of ether oxygens (including phenoxy) is 1. The number of aromatic nitrogens is 1. The summed E-state index contributed by atoms with van der Waals surface area (Å²) in [6.45, 7) is 4.70.